The summed E-state index contributed by atoms with van der Waals surface area (Å²) in [6, 6.07) is 14.6. The van der Waals surface area contributed by atoms with E-state index in [1.54, 1.807) is 19.1 Å². The summed E-state index contributed by atoms with van der Waals surface area (Å²) in [7, 11) is 0. The molecule has 0 bridgehead atoms. The van der Waals surface area contributed by atoms with Crippen LogP contribution < -0.4 is 16.0 Å². The van der Waals surface area contributed by atoms with E-state index in [0.717, 1.165) is 10.4 Å². The molecule has 1 atom stereocenters. The van der Waals surface area contributed by atoms with Crippen molar-refractivity contribution < 1.29 is 14.3 Å². The Morgan fingerprint density at radius 2 is 1.94 bits per heavy atom. The molecule has 9 heteroatoms. The van der Waals surface area contributed by atoms with Gasteiger partial charge in [-0.05, 0) is 55.1 Å². The summed E-state index contributed by atoms with van der Waals surface area (Å²) in [5, 5.41) is 21.8. The summed E-state index contributed by atoms with van der Waals surface area (Å²) >= 11 is 1.52. The molecule has 1 amide bonds. The van der Waals surface area contributed by atoms with Crippen LogP contribution in [0, 0.1) is 0 Å². The van der Waals surface area contributed by atoms with Crippen LogP contribution in [-0.2, 0) is 12.1 Å². The number of amides is 1. The lowest BCUT2D eigenvalue weighted by Crippen LogP contribution is -2.44. The Bertz CT molecular complexity index is 955. The van der Waals surface area contributed by atoms with Crippen molar-refractivity contribution in [2.45, 2.75) is 26.0 Å². The van der Waals surface area contributed by atoms with E-state index in [1.807, 2.05) is 48.7 Å². The zero-order valence-corrected chi connectivity index (χ0v) is 20.6. The highest BCUT2D eigenvalue weighted by Crippen LogP contribution is 2.24. The number of hydrogen-bond donors (Lipinski definition) is 4. The van der Waals surface area contributed by atoms with Gasteiger partial charge in [-0.3, -0.25) is 4.79 Å². The standard InChI is InChI=1S/C22H26N4O3S.HI/c1-3-23-21(25-15-22(2,28)19-7-5-13-30-19)24-14-16-8-10-17(11-9-16)26-20(27)18-6-4-12-29-18;/h4-13,28H,3,14-15H2,1-2H3,(H,26,27)(H2,23,24,25);1H. The lowest BCUT2D eigenvalue weighted by molar-refractivity contribution is 0.0655. The van der Waals surface area contributed by atoms with Crippen molar-refractivity contribution in [3.8, 4) is 0 Å². The van der Waals surface area contributed by atoms with Crippen LogP contribution in [-0.4, -0.2) is 30.1 Å². The van der Waals surface area contributed by atoms with Crippen LogP contribution in [0.25, 0.3) is 0 Å². The Morgan fingerprint density at radius 1 is 1.16 bits per heavy atom. The fourth-order valence-electron chi connectivity index (χ4n) is 2.73. The average molecular weight is 554 g/mol. The average Bonchev–Trinajstić information content (AvgIpc) is 3.46. The quantitative estimate of drug-likeness (QED) is 0.190. The van der Waals surface area contributed by atoms with E-state index >= 15 is 0 Å². The zero-order valence-electron chi connectivity index (χ0n) is 17.4. The van der Waals surface area contributed by atoms with Crippen molar-refractivity contribution in [1.82, 2.24) is 10.6 Å². The molecular weight excluding hydrogens is 527 g/mol. The maximum Gasteiger partial charge on any atom is 0.291 e. The van der Waals surface area contributed by atoms with Gasteiger partial charge in [0.25, 0.3) is 5.91 Å². The molecule has 166 valence electrons. The molecule has 31 heavy (non-hydrogen) atoms. The molecule has 2 aromatic heterocycles. The minimum atomic E-state index is -0.974. The Labute approximate surface area is 203 Å². The number of carbonyl (C=O) groups excluding carboxylic acids is 1. The molecule has 1 unspecified atom stereocenters. The van der Waals surface area contributed by atoms with Gasteiger partial charge in [0.15, 0.2) is 11.7 Å². The largest absolute Gasteiger partial charge is 0.459 e. The highest BCUT2D eigenvalue weighted by Gasteiger charge is 2.24. The minimum absolute atomic E-state index is 0. The highest BCUT2D eigenvalue weighted by molar-refractivity contribution is 14.0. The first kappa shape index (κ1) is 24.9. The number of anilines is 1. The fraction of sp³-hybridized carbons (Fsp3) is 0.273. The van der Waals surface area contributed by atoms with Gasteiger partial charge in [0.1, 0.15) is 5.60 Å². The Kier molecular flexibility index (Phi) is 9.53. The number of aliphatic hydroxyl groups is 1. The van der Waals surface area contributed by atoms with E-state index < -0.39 is 5.60 Å². The number of rotatable bonds is 8. The van der Waals surface area contributed by atoms with Gasteiger partial charge >= 0.3 is 0 Å². The summed E-state index contributed by atoms with van der Waals surface area (Å²) in [4.78, 5) is 17.5. The second-order valence-electron chi connectivity index (χ2n) is 6.93. The van der Waals surface area contributed by atoms with Crippen LogP contribution in [0.1, 0.15) is 34.8 Å². The molecule has 0 saturated carbocycles. The first-order valence-electron chi connectivity index (χ1n) is 9.70. The van der Waals surface area contributed by atoms with Crippen molar-refractivity contribution in [3.63, 3.8) is 0 Å². The summed E-state index contributed by atoms with van der Waals surface area (Å²) in [6.45, 7) is 5.29. The van der Waals surface area contributed by atoms with Gasteiger partial charge in [-0.1, -0.05) is 18.2 Å². The molecule has 0 aliphatic rings. The normalized spacial score (nSPS) is 13.1. The molecule has 0 spiro atoms. The summed E-state index contributed by atoms with van der Waals surface area (Å²) in [6.07, 6.45) is 1.46. The maximum atomic E-state index is 12.0. The third-order valence-electron chi connectivity index (χ3n) is 4.37. The predicted molar refractivity (Wildman–Crippen MR) is 135 cm³/mol. The monoisotopic (exact) mass is 554 g/mol. The second-order valence-corrected chi connectivity index (χ2v) is 7.88. The van der Waals surface area contributed by atoms with Gasteiger partial charge < -0.3 is 25.5 Å². The van der Waals surface area contributed by atoms with E-state index in [4.69, 9.17) is 4.42 Å². The van der Waals surface area contributed by atoms with Crippen LogP contribution in [0.5, 0.6) is 0 Å². The minimum Gasteiger partial charge on any atom is -0.459 e. The summed E-state index contributed by atoms with van der Waals surface area (Å²) < 4.78 is 5.09. The summed E-state index contributed by atoms with van der Waals surface area (Å²) in [5.41, 5.74) is 0.701. The van der Waals surface area contributed by atoms with Gasteiger partial charge in [-0.15, -0.1) is 35.3 Å². The highest BCUT2D eigenvalue weighted by atomic mass is 127. The smallest absolute Gasteiger partial charge is 0.291 e. The third kappa shape index (κ3) is 7.37. The number of nitrogens with zero attached hydrogens (tertiary/aromatic N) is 1. The van der Waals surface area contributed by atoms with Gasteiger partial charge in [-0.25, -0.2) is 4.99 Å². The van der Waals surface area contributed by atoms with E-state index in [0.29, 0.717) is 31.3 Å². The molecule has 0 fully saturated rings. The number of halogens is 1. The van der Waals surface area contributed by atoms with Crippen molar-refractivity contribution in [2.75, 3.05) is 18.4 Å². The van der Waals surface area contributed by atoms with Gasteiger partial charge in [-0.2, -0.15) is 0 Å². The van der Waals surface area contributed by atoms with Crippen LogP contribution >= 0.6 is 35.3 Å². The molecule has 0 saturated heterocycles. The molecule has 7 nitrogen and oxygen atoms in total. The lowest BCUT2D eigenvalue weighted by Gasteiger charge is -2.23. The molecule has 0 radical (unpaired) electrons. The molecule has 0 aliphatic carbocycles. The molecule has 1 aromatic carbocycles. The number of guanidine groups is 1. The van der Waals surface area contributed by atoms with Crippen molar-refractivity contribution in [2.24, 2.45) is 4.99 Å². The molecule has 3 rings (SSSR count). The first-order valence-corrected chi connectivity index (χ1v) is 10.6. The number of benzene rings is 1. The molecule has 0 aliphatic heterocycles. The van der Waals surface area contributed by atoms with E-state index in [1.165, 1.54) is 17.6 Å². The molecule has 3 aromatic rings. The van der Waals surface area contributed by atoms with Crippen LogP contribution in [0.4, 0.5) is 5.69 Å². The third-order valence-corrected chi connectivity index (χ3v) is 5.50. The number of hydrogen-bond acceptors (Lipinski definition) is 5. The summed E-state index contributed by atoms with van der Waals surface area (Å²) in [5.74, 6) is 0.607. The van der Waals surface area contributed by atoms with Crippen molar-refractivity contribution in [3.05, 3.63) is 76.4 Å². The second kappa shape index (κ2) is 11.9. The first-order chi connectivity index (χ1) is 14.5. The molecular formula is C22H27IN4O3S. The number of carbonyl (C=O) groups is 1. The lowest BCUT2D eigenvalue weighted by atomic mass is 10.1. The van der Waals surface area contributed by atoms with Crippen molar-refractivity contribution in [1.29, 1.82) is 0 Å². The predicted octanol–water partition coefficient (Wildman–Crippen LogP) is 4.17. The van der Waals surface area contributed by atoms with Gasteiger partial charge in [0, 0.05) is 17.1 Å². The number of nitrogens with one attached hydrogen (secondary N) is 3. The van der Waals surface area contributed by atoms with E-state index in [-0.39, 0.29) is 35.6 Å². The Hall–Kier alpha value is -2.37. The van der Waals surface area contributed by atoms with Crippen LogP contribution in [0.15, 0.2) is 69.6 Å². The van der Waals surface area contributed by atoms with E-state index in [9.17, 15) is 9.90 Å². The fourth-order valence-corrected chi connectivity index (χ4v) is 3.52. The van der Waals surface area contributed by atoms with Crippen LogP contribution in [0.3, 0.4) is 0 Å². The zero-order chi connectivity index (χ0) is 21.4. The number of thiophene rings is 1. The Balaban J connectivity index is 0.00000341. The molecule has 4 N–H and O–H groups in total. The maximum absolute atomic E-state index is 12.0. The molecule has 2 heterocycles. The van der Waals surface area contributed by atoms with Crippen LogP contribution in [0.2, 0.25) is 0 Å². The topological polar surface area (TPSA) is 98.9 Å². The van der Waals surface area contributed by atoms with E-state index in [2.05, 4.69) is 20.9 Å². The number of aliphatic imine (C=N–C) groups is 1. The van der Waals surface area contributed by atoms with Crippen molar-refractivity contribution >= 4 is 52.9 Å². The Morgan fingerprint density at radius 3 is 2.55 bits per heavy atom. The SMILES string of the molecule is CCNC(=NCc1ccc(NC(=O)c2ccco2)cc1)NCC(C)(O)c1cccs1.I. The number of furan rings is 1. The van der Waals surface area contributed by atoms with Gasteiger partial charge in [0.2, 0.25) is 0 Å². The van der Waals surface area contributed by atoms with Gasteiger partial charge in [0.05, 0.1) is 19.4 Å².